The summed E-state index contributed by atoms with van der Waals surface area (Å²) < 4.78 is 30.0. The number of nitrogens with one attached hydrogen (secondary N) is 1. The van der Waals surface area contributed by atoms with E-state index in [0.717, 1.165) is 16.8 Å². The molecule has 1 N–H and O–H groups in total. The zero-order valence-corrected chi connectivity index (χ0v) is 21.5. The van der Waals surface area contributed by atoms with Crippen LogP contribution in [-0.4, -0.2) is 19.6 Å². The summed E-state index contributed by atoms with van der Waals surface area (Å²) in [6.45, 7) is 0. The molecule has 0 aliphatic heterocycles. The van der Waals surface area contributed by atoms with Crippen molar-refractivity contribution in [3.63, 3.8) is 0 Å². The number of hydrogen-bond donors (Lipinski definition) is 1. The zero-order chi connectivity index (χ0) is 26.2. The monoisotopic (exact) mass is 539 g/mol. The number of aromatic nitrogens is 1. The van der Waals surface area contributed by atoms with Crippen molar-refractivity contribution in [3.8, 4) is 17.0 Å². The van der Waals surface area contributed by atoms with Crippen molar-refractivity contribution < 1.29 is 12.6 Å². The van der Waals surface area contributed by atoms with Gasteiger partial charge in [0.1, 0.15) is 16.3 Å². The summed E-state index contributed by atoms with van der Waals surface area (Å²) in [4.78, 5) is 4.75. The van der Waals surface area contributed by atoms with Crippen molar-refractivity contribution in [1.29, 1.82) is 0 Å². The van der Waals surface area contributed by atoms with Crippen molar-refractivity contribution in [2.45, 2.75) is 4.90 Å². The van der Waals surface area contributed by atoms with Gasteiger partial charge in [0, 0.05) is 5.56 Å². The van der Waals surface area contributed by atoms with E-state index < -0.39 is 10.1 Å². The third kappa shape index (κ3) is 6.36. The average Bonchev–Trinajstić information content (AvgIpc) is 3.37. The molecule has 0 saturated carbocycles. The van der Waals surface area contributed by atoms with E-state index in [2.05, 4.69) is 25.7 Å². The summed E-state index contributed by atoms with van der Waals surface area (Å²) in [5, 5.41) is 14.2. The molecular formula is C28H21N5O3S2. The van der Waals surface area contributed by atoms with E-state index in [0.29, 0.717) is 15.8 Å². The molecule has 5 aromatic rings. The van der Waals surface area contributed by atoms with Gasteiger partial charge in [-0.05, 0) is 54.1 Å². The molecule has 0 fully saturated rings. The molecule has 188 valence electrons. The first-order valence-corrected chi connectivity index (χ1v) is 13.7. The summed E-state index contributed by atoms with van der Waals surface area (Å²) in [7, 11) is -3.90. The maximum Gasteiger partial charge on any atom is 0.339 e. The Morgan fingerprint density at radius 2 is 1.39 bits per heavy atom. The molecule has 8 nitrogen and oxygen atoms in total. The number of anilines is 1. The fourth-order valence-corrected chi connectivity index (χ4v) is 5.05. The van der Waals surface area contributed by atoms with Crippen LogP contribution in [0, 0.1) is 0 Å². The van der Waals surface area contributed by atoms with Crippen LogP contribution in [0.2, 0.25) is 0 Å². The molecule has 1 aromatic heterocycles. The van der Waals surface area contributed by atoms with Crippen molar-refractivity contribution in [2.24, 2.45) is 15.3 Å². The second kappa shape index (κ2) is 11.6. The molecule has 0 spiro atoms. The minimum absolute atomic E-state index is 0.0934. The number of thiazole rings is 1. The van der Waals surface area contributed by atoms with Crippen molar-refractivity contribution >= 4 is 43.5 Å². The van der Waals surface area contributed by atoms with Gasteiger partial charge < -0.3 is 4.18 Å². The van der Waals surface area contributed by atoms with Crippen molar-refractivity contribution in [1.82, 2.24) is 4.98 Å². The molecule has 0 aliphatic rings. The summed E-state index contributed by atoms with van der Waals surface area (Å²) in [5.41, 5.74) is 6.06. The van der Waals surface area contributed by atoms with Crippen LogP contribution >= 0.6 is 11.3 Å². The molecule has 0 amide bonds. The fraction of sp³-hybridized carbons (Fsp3) is 0. The first-order valence-electron chi connectivity index (χ1n) is 11.5. The Morgan fingerprint density at radius 3 is 2.08 bits per heavy atom. The van der Waals surface area contributed by atoms with Gasteiger partial charge in [-0.15, -0.1) is 10.2 Å². The van der Waals surface area contributed by atoms with Crippen molar-refractivity contribution in [2.75, 3.05) is 5.43 Å². The smallest absolute Gasteiger partial charge is 0.339 e. The lowest BCUT2D eigenvalue weighted by Crippen LogP contribution is -2.09. The van der Waals surface area contributed by atoms with Crippen LogP contribution in [0.3, 0.4) is 0 Å². The quantitative estimate of drug-likeness (QED) is 0.0907. The van der Waals surface area contributed by atoms with Gasteiger partial charge in [-0.25, -0.2) is 4.98 Å². The molecule has 0 unspecified atom stereocenters. The number of azo groups is 1. The standard InChI is InChI=1S/C28H21N5O3S2/c34-38(35,25-14-8-3-9-15-25)36-24-18-16-21(17-19-24)20-29-33-28-30-26(22-10-4-1-5-11-22)27(37-28)32-31-23-12-6-2-7-13-23/h1-20H,(H,30,33)/b29-20+,32-31?. The topological polar surface area (TPSA) is 105 Å². The van der Waals surface area contributed by atoms with Gasteiger partial charge in [-0.1, -0.05) is 78.1 Å². The molecule has 0 aliphatic carbocycles. The molecule has 5 rings (SSSR count). The molecule has 0 atom stereocenters. The molecule has 0 bridgehead atoms. The Bertz CT molecular complexity index is 1650. The van der Waals surface area contributed by atoms with Gasteiger partial charge in [-0.3, -0.25) is 5.43 Å². The van der Waals surface area contributed by atoms with E-state index in [1.54, 1.807) is 48.7 Å². The van der Waals surface area contributed by atoms with Crippen LogP contribution in [0.4, 0.5) is 15.8 Å². The normalized spacial score (nSPS) is 11.7. The van der Waals surface area contributed by atoms with Crippen LogP contribution in [0.15, 0.2) is 135 Å². The highest BCUT2D eigenvalue weighted by atomic mass is 32.2. The third-order valence-electron chi connectivity index (χ3n) is 5.16. The van der Waals surface area contributed by atoms with Gasteiger partial charge in [0.2, 0.25) is 5.13 Å². The minimum Gasteiger partial charge on any atom is -0.379 e. The van der Waals surface area contributed by atoms with Gasteiger partial charge in [0.15, 0.2) is 5.00 Å². The Morgan fingerprint density at radius 1 is 0.763 bits per heavy atom. The number of nitrogens with zero attached hydrogens (tertiary/aromatic N) is 4. The van der Waals surface area contributed by atoms with E-state index in [4.69, 9.17) is 4.18 Å². The maximum atomic E-state index is 12.4. The lowest BCUT2D eigenvalue weighted by Gasteiger charge is -2.06. The number of hydrazone groups is 1. The summed E-state index contributed by atoms with van der Waals surface area (Å²) in [6.07, 6.45) is 1.60. The fourth-order valence-electron chi connectivity index (χ4n) is 3.34. The highest BCUT2D eigenvalue weighted by Crippen LogP contribution is 2.39. The zero-order valence-electron chi connectivity index (χ0n) is 19.9. The highest BCUT2D eigenvalue weighted by molar-refractivity contribution is 7.87. The Kier molecular flexibility index (Phi) is 7.62. The molecular weight excluding hydrogens is 518 g/mol. The molecule has 0 radical (unpaired) electrons. The van der Waals surface area contributed by atoms with Crippen LogP contribution in [0.1, 0.15) is 5.56 Å². The largest absolute Gasteiger partial charge is 0.379 e. The van der Waals surface area contributed by atoms with Crippen LogP contribution in [0.25, 0.3) is 11.3 Å². The second-order valence-corrected chi connectivity index (χ2v) is 10.4. The SMILES string of the molecule is O=S(=O)(Oc1ccc(/C=N/Nc2nc(-c3ccccc3)c(N=Nc3ccccc3)s2)cc1)c1ccccc1. The Balaban J connectivity index is 1.29. The number of rotatable bonds is 9. The highest BCUT2D eigenvalue weighted by Gasteiger charge is 2.16. The molecule has 0 saturated heterocycles. The lowest BCUT2D eigenvalue weighted by atomic mass is 10.2. The van der Waals surface area contributed by atoms with Crippen LogP contribution in [0.5, 0.6) is 5.75 Å². The molecule has 38 heavy (non-hydrogen) atoms. The second-order valence-electron chi connectivity index (χ2n) is 7.86. The predicted molar refractivity (Wildman–Crippen MR) is 150 cm³/mol. The van der Waals surface area contributed by atoms with Crippen molar-refractivity contribution in [3.05, 3.63) is 121 Å². The number of benzene rings is 4. The average molecular weight is 540 g/mol. The van der Waals surface area contributed by atoms with Gasteiger partial charge >= 0.3 is 10.1 Å². The number of hydrogen-bond acceptors (Lipinski definition) is 9. The first kappa shape index (κ1) is 25.0. The molecule has 1 heterocycles. The third-order valence-corrected chi connectivity index (χ3v) is 7.27. The Hall–Kier alpha value is -4.67. The van der Waals surface area contributed by atoms with E-state index in [1.165, 1.54) is 23.5 Å². The van der Waals surface area contributed by atoms with E-state index in [9.17, 15) is 8.42 Å². The predicted octanol–water partition coefficient (Wildman–Crippen LogP) is 7.44. The van der Waals surface area contributed by atoms with E-state index in [-0.39, 0.29) is 10.6 Å². The van der Waals surface area contributed by atoms with E-state index >= 15 is 0 Å². The first-order chi connectivity index (χ1) is 18.6. The summed E-state index contributed by atoms with van der Waals surface area (Å²) in [6, 6.07) is 33.8. The molecule has 10 heteroatoms. The van der Waals surface area contributed by atoms with Gasteiger partial charge in [0.25, 0.3) is 0 Å². The van der Waals surface area contributed by atoms with Gasteiger partial charge in [-0.2, -0.15) is 13.5 Å². The van der Waals surface area contributed by atoms with Crippen LogP contribution in [-0.2, 0) is 10.1 Å². The maximum absolute atomic E-state index is 12.4. The van der Waals surface area contributed by atoms with Gasteiger partial charge in [0.05, 0.1) is 11.9 Å². The lowest BCUT2D eigenvalue weighted by molar-refractivity contribution is 0.486. The van der Waals surface area contributed by atoms with Crippen LogP contribution < -0.4 is 9.61 Å². The minimum atomic E-state index is -3.90. The molecule has 4 aromatic carbocycles. The van der Waals surface area contributed by atoms with E-state index in [1.807, 2.05) is 60.7 Å². The Labute approximate surface area is 224 Å². The summed E-state index contributed by atoms with van der Waals surface area (Å²) in [5.74, 6) is 0.208. The summed E-state index contributed by atoms with van der Waals surface area (Å²) >= 11 is 1.33.